The van der Waals surface area contributed by atoms with Crippen LogP contribution in [-0.4, -0.2) is 18.8 Å². The Balaban J connectivity index is 2.35. The number of methoxy groups -OCH3 is 1. The predicted molar refractivity (Wildman–Crippen MR) is 79.1 cm³/mol. The van der Waals surface area contributed by atoms with Gasteiger partial charge in [0.15, 0.2) is 5.78 Å². The molecule has 6 nitrogen and oxygen atoms in total. The Hall–Kier alpha value is -3.07. The Morgan fingerprint density at radius 3 is 2.68 bits per heavy atom. The molecule has 0 fully saturated rings. The zero-order valence-corrected chi connectivity index (χ0v) is 12.4. The second kappa shape index (κ2) is 6.14. The largest absolute Gasteiger partial charge is 0.497 e. The van der Waals surface area contributed by atoms with E-state index >= 15 is 0 Å². The van der Waals surface area contributed by atoms with Crippen molar-refractivity contribution in [3.05, 3.63) is 46.7 Å². The van der Waals surface area contributed by atoms with E-state index in [4.69, 9.17) is 9.15 Å². The van der Waals surface area contributed by atoms with Crippen LogP contribution in [0.3, 0.4) is 0 Å². The summed E-state index contributed by atoms with van der Waals surface area (Å²) in [6, 6.07) is 8.44. The third-order valence-corrected chi connectivity index (χ3v) is 3.11. The number of furan rings is 1. The highest BCUT2D eigenvalue weighted by atomic mass is 16.5. The average molecular weight is 298 g/mol. The summed E-state index contributed by atoms with van der Waals surface area (Å²) in [5.41, 5.74) is 0.561. The van der Waals surface area contributed by atoms with E-state index in [0.717, 1.165) is 0 Å². The van der Waals surface area contributed by atoms with E-state index in [2.05, 4.69) is 5.32 Å². The van der Waals surface area contributed by atoms with Crippen LogP contribution in [0.15, 0.2) is 28.7 Å². The lowest BCUT2D eigenvalue weighted by Gasteiger charge is -2.04. The second-order valence-corrected chi connectivity index (χ2v) is 4.59. The van der Waals surface area contributed by atoms with Crippen LogP contribution >= 0.6 is 0 Å². The maximum atomic E-state index is 12.2. The topological polar surface area (TPSA) is 92.3 Å². The van der Waals surface area contributed by atoms with Crippen LogP contribution in [0.4, 0.5) is 5.88 Å². The van der Waals surface area contributed by atoms with Crippen molar-refractivity contribution < 1.29 is 18.7 Å². The fourth-order valence-electron chi connectivity index (χ4n) is 2.10. The number of ether oxygens (including phenoxy) is 1. The molecule has 0 aliphatic carbocycles. The number of benzene rings is 1. The first-order chi connectivity index (χ1) is 10.5. The number of anilines is 1. The van der Waals surface area contributed by atoms with Crippen molar-refractivity contribution in [2.75, 3.05) is 12.4 Å². The normalized spacial score (nSPS) is 9.91. The molecule has 1 amide bonds. The highest BCUT2D eigenvalue weighted by Gasteiger charge is 2.22. The zero-order chi connectivity index (χ0) is 16.3. The van der Waals surface area contributed by atoms with Crippen LogP contribution in [0.5, 0.6) is 5.75 Å². The standard InChI is InChI=1S/C16H14N2O4/c1-9(19)14-10(2)22-16(13(14)8-17)18-15(20)11-5-4-6-12(7-11)21-3/h4-7H,1-3H3,(H,18,20). The van der Waals surface area contributed by atoms with Gasteiger partial charge in [-0.25, -0.2) is 0 Å². The van der Waals surface area contributed by atoms with Gasteiger partial charge < -0.3 is 9.15 Å². The monoisotopic (exact) mass is 298 g/mol. The van der Waals surface area contributed by atoms with Crippen LogP contribution in [0, 0.1) is 18.3 Å². The SMILES string of the molecule is COc1cccc(C(=O)Nc2oc(C)c(C(C)=O)c2C#N)c1. The first kappa shape index (κ1) is 15.3. The van der Waals surface area contributed by atoms with E-state index in [0.29, 0.717) is 17.1 Å². The number of hydrogen-bond acceptors (Lipinski definition) is 5. The lowest BCUT2D eigenvalue weighted by molar-refractivity contribution is 0.101. The summed E-state index contributed by atoms with van der Waals surface area (Å²) in [6.45, 7) is 2.91. The fraction of sp³-hybridized carbons (Fsp3) is 0.188. The van der Waals surface area contributed by atoms with Gasteiger partial charge in [-0.15, -0.1) is 0 Å². The van der Waals surface area contributed by atoms with Crippen molar-refractivity contribution in [1.29, 1.82) is 5.26 Å². The van der Waals surface area contributed by atoms with Crippen molar-refractivity contribution in [2.24, 2.45) is 0 Å². The Kier molecular flexibility index (Phi) is 4.28. The van der Waals surface area contributed by atoms with E-state index in [-0.39, 0.29) is 22.8 Å². The maximum Gasteiger partial charge on any atom is 0.258 e. The molecule has 22 heavy (non-hydrogen) atoms. The zero-order valence-electron chi connectivity index (χ0n) is 12.4. The highest BCUT2D eigenvalue weighted by molar-refractivity contribution is 6.06. The number of nitrogens with zero attached hydrogens (tertiary/aromatic N) is 1. The molecule has 2 rings (SSSR count). The Labute approximate surface area is 127 Å². The second-order valence-electron chi connectivity index (χ2n) is 4.59. The van der Waals surface area contributed by atoms with Crippen molar-refractivity contribution in [3.8, 4) is 11.8 Å². The Morgan fingerprint density at radius 2 is 2.09 bits per heavy atom. The van der Waals surface area contributed by atoms with Crippen molar-refractivity contribution in [3.63, 3.8) is 0 Å². The molecule has 1 aromatic heterocycles. The number of nitriles is 1. The minimum absolute atomic E-state index is 0.0289. The van der Waals surface area contributed by atoms with E-state index in [9.17, 15) is 14.9 Å². The molecular formula is C16H14N2O4. The van der Waals surface area contributed by atoms with Crippen LogP contribution in [-0.2, 0) is 0 Å². The summed E-state index contributed by atoms with van der Waals surface area (Å²) in [4.78, 5) is 23.8. The fourth-order valence-corrected chi connectivity index (χ4v) is 2.10. The molecule has 0 saturated heterocycles. The molecule has 2 aromatic rings. The number of aryl methyl sites for hydroxylation is 1. The number of ketones is 1. The summed E-state index contributed by atoms with van der Waals surface area (Å²) >= 11 is 0. The van der Waals surface area contributed by atoms with Gasteiger partial charge in [-0.1, -0.05) is 6.07 Å². The van der Waals surface area contributed by atoms with Crippen LogP contribution < -0.4 is 10.1 Å². The Morgan fingerprint density at radius 1 is 1.36 bits per heavy atom. The quantitative estimate of drug-likeness (QED) is 0.876. The van der Waals surface area contributed by atoms with E-state index in [1.54, 1.807) is 31.2 Å². The molecule has 1 N–H and O–H groups in total. The van der Waals surface area contributed by atoms with Crippen molar-refractivity contribution in [2.45, 2.75) is 13.8 Å². The first-order valence-corrected chi connectivity index (χ1v) is 6.47. The van der Waals surface area contributed by atoms with Gasteiger partial charge in [-0.2, -0.15) is 5.26 Å². The summed E-state index contributed by atoms with van der Waals surface area (Å²) < 4.78 is 10.4. The summed E-state index contributed by atoms with van der Waals surface area (Å²) in [5.74, 6) is 0.0511. The van der Waals surface area contributed by atoms with Crippen LogP contribution in [0.2, 0.25) is 0 Å². The molecular weight excluding hydrogens is 284 g/mol. The molecule has 0 spiro atoms. The molecule has 1 heterocycles. The minimum atomic E-state index is -0.459. The van der Waals surface area contributed by atoms with E-state index in [1.165, 1.54) is 14.0 Å². The molecule has 0 atom stereocenters. The molecule has 112 valence electrons. The van der Waals surface area contributed by atoms with Gasteiger partial charge >= 0.3 is 0 Å². The molecule has 0 aliphatic heterocycles. The van der Waals surface area contributed by atoms with Gasteiger partial charge in [0, 0.05) is 5.56 Å². The van der Waals surface area contributed by atoms with Gasteiger partial charge in [0.1, 0.15) is 23.1 Å². The van der Waals surface area contributed by atoms with E-state index < -0.39 is 5.91 Å². The third kappa shape index (κ3) is 2.83. The third-order valence-electron chi connectivity index (χ3n) is 3.11. The van der Waals surface area contributed by atoms with Gasteiger partial charge in [0.25, 0.3) is 5.91 Å². The number of carbonyl (C=O) groups excluding carboxylic acids is 2. The number of amides is 1. The van der Waals surface area contributed by atoms with Gasteiger partial charge in [0.2, 0.25) is 5.88 Å². The number of carbonyl (C=O) groups is 2. The average Bonchev–Trinajstić information content (AvgIpc) is 2.82. The molecule has 0 aliphatic rings. The molecule has 0 bridgehead atoms. The van der Waals surface area contributed by atoms with Gasteiger partial charge in [-0.3, -0.25) is 14.9 Å². The maximum absolute atomic E-state index is 12.2. The first-order valence-electron chi connectivity index (χ1n) is 6.47. The molecule has 0 saturated carbocycles. The van der Waals surface area contributed by atoms with Crippen LogP contribution in [0.1, 0.15) is 39.0 Å². The highest BCUT2D eigenvalue weighted by Crippen LogP contribution is 2.27. The van der Waals surface area contributed by atoms with Crippen molar-refractivity contribution in [1.82, 2.24) is 0 Å². The number of nitrogens with one attached hydrogen (secondary N) is 1. The molecule has 6 heteroatoms. The predicted octanol–water partition coefficient (Wildman–Crippen LogP) is 2.92. The van der Waals surface area contributed by atoms with Crippen molar-refractivity contribution >= 4 is 17.6 Å². The van der Waals surface area contributed by atoms with Gasteiger partial charge in [0.05, 0.1) is 12.7 Å². The lowest BCUT2D eigenvalue weighted by Crippen LogP contribution is -2.12. The smallest absolute Gasteiger partial charge is 0.258 e. The summed E-state index contributed by atoms with van der Waals surface area (Å²) in [7, 11) is 1.50. The Bertz CT molecular complexity index is 784. The summed E-state index contributed by atoms with van der Waals surface area (Å²) in [5, 5.41) is 11.7. The number of rotatable bonds is 4. The number of Topliss-reactive ketones (excluding diaryl/α,β-unsaturated/α-hetero) is 1. The van der Waals surface area contributed by atoms with Gasteiger partial charge in [-0.05, 0) is 32.0 Å². The summed E-state index contributed by atoms with van der Waals surface area (Å²) in [6.07, 6.45) is 0. The lowest BCUT2D eigenvalue weighted by atomic mass is 10.1. The molecule has 1 aromatic carbocycles. The minimum Gasteiger partial charge on any atom is -0.497 e. The van der Waals surface area contributed by atoms with E-state index in [1.807, 2.05) is 6.07 Å². The molecule has 0 unspecified atom stereocenters. The van der Waals surface area contributed by atoms with Crippen LogP contribution in [0.25, 0.3) is 0 Å². The molecule has 0 radical (unpaired) electrons. The number of hydrogen-bond donors (Lipinski definition) is 1.